The summed E-state index contributed by atoms with van der Waals surface area (Å²) in [6.07, 6.45) is 0. The number of aromatic nitrogens is 2. The van der Waals surface area contributed by atoms with E-state index in [0.717, 1.165) is 0 Å². The molecular weight excluding hydrogens is 160 g/mol. The quantitative estimate of drug-likeness (QED) is 0.556. The van der Waals surface area contributed by atoms with E-state index in [0.29, 0.717) is 0 Å². The van der Waals surface area contributed by atoms with E-state index >= 15 is 0 Å². The molecule has 0 amide bonds. The summed E-state index contributed by atoms with van der Waals surface area (Å²) >= 11 is 0. The van der Waals surface area contributed by atoms with Crippen LogP contribution in [0, 0.1) is 5.92 Å². The highest BCUT2D eigenvalue weighted by Crippen LogP contribution is 2.11. The number of hydrogen-bond acceptors (Lipinski definition) is 3. The topological polar surface area (TPSA) is 85.9 Å². The molecule has 3 N–H and O–H groups in total. The Labute approximate surface area is 68.4 Å². The van der Waals surface area contributed by atoms with Gasteiger partial charge in [0.25, 0.3) is 5.56 Å². The predicted molar refractivity (Wildman–Crippen MR) is 42.2 cm³/mol. The number of H-pyrrole nitrogens is 2. The SMILES string of the molecule is CC(C)C(=O)c1c(O)[nH][nH]c1=O. The lowest BCUT2D eigenvalue weighted by atomic mass is 10.0. The number of aromatic amines is 2. The van der Waals surface area contributed by atoms with E-state index in [2.05, 4.69) is 10.2 Å². The summed E-state index contributed by atoms with van der Waals surface area (Å²) in [6, 6.07) is 0. The fourth-order valence-corrected chi connectivity index (χ4v) is 0.866. The third kappa shape index (κ3) is 1.25. The second-order valence-corrected chi connectivity index (χ2v) is 2.82. The molecule has 0 aliphatic rings. The van der Waals surface area contributed by atoms with Gasteiger partial charge in [0.15, 0.2) is 5.78 Å². The van der Waals surface area contributed by atoms with Gasteiger partial charge in [-0.1, -0.05) is 13.8 Å². The van der Waals surface area contributed by atoms with Gasteiger partial charge in [-0.25, -0.2) is 0 Å². The lowest BCUT2D eigenvalue weighted by Gasteiger charge is -1.98. The molecule has 12 heavy (non-hydrogen) atoms. The first-order valence-corrected chi connectivity index (χ1v) is 3.58. The molecule has 0 aromatic carbocycles. The van der Waals surface area contributed by atoms with E-state index in [1.54, 1.807) is 13.8 Å². The van der Waals surface area contributed by atoms with Gasteiger partial charge in [-0.2, -0.15) is 0 Å². The molecule has 1 heterocycles. The van der Waals surface area contributed by atoms with Crippen molar-refractivity contribution < 1.29 is 9.90 Å². The molecule has 0 bridgehead atoms. The first-order chi connectivity index (χ1) is 5.54. The number of carbonyl (C=O) groups excluding carboxylic acids is 1. The number of ketones is 1. The summed E-state index contributed by atoms with van der Waals surface area (Å²) in [5, 5.41) is 13.3. The van der Waals surface area contributed by atoms with E-state index in [4.69, 9.17) is 5.11 Å². The van der Waals surface area contributed by atoms with Crippen LogP contribution in [0.15, 0.2) is 4.79 Å². The third-order valence-electron chi connectivity index (χ3n) is 1.53. The van der Waals surface area contributed by atoms with Crippen LogP contribution in [0.4, 0.5) is 0 Å². The minimum absolute atomic E-state index is 0.190. The first-order valence-electron chi connectivity index (χ1n) is 3.58. The van der Waals surface area contributed by atoms with Crippen molar-refractivity contribution in [2.24, 2.45) is 5.92 Å². The maximum absolute atomic E-state index is 11.2. The fourth-order valence-electron chi connectivity index (χ4n) is 0.866. The van der Waals surface area contributed by atoms with Crippen molar-refractivity contribution in [3.05, 3.63) is 15.9 Å². The maximum Gasteiger partial charge on any atom is 0.278 e. The Hall–Kier alpha value is -1.52. The molecule has 1 rings (SSSR count). The number of rotatable bonds is 2. The number of carbonyl (C=O) groups is 1. The van der Waals surface area contributed by atoms with Crippen LogP contribution in [0.1, 0.15) is 24.2 Å². The minimum atomic E-state index is -0.578. The van der Waals surface area contributed by atoms with E-state index in [1.165, 1.54) is 0 Å². The molecule has 0 atom stereocenters. The standard InChI is InChI=1S/C7H10N2O3/c1-3(2)5(10)4-6(11)8-9-7(4)12/h3H,1-2H3,(H3,8,9,11,12). The average Bonchev–Trinajstić information content (AvgIpc) is 2.30. The Bertz CT molecular complexity index is 348. The Kier molecular flexibility index (Phi) is 2.03. The molecule has 0 saturated heterocycles. The average molecular weight is 170 g/mol. The number of aromatic hydroxyl groups is 1. The number of hydrogen-bond donors (Lipinski definition) is 3. The Morgan fingerprint density at radius 2 is 2.00 bits per heavy atom. The molecule has 0 fully saturated rings. The van der Waals surface area contributed by atoms with Crippen molar-refractivity contribution in [2.45, 2.75) is 13.8 Å². The summed E-state index contributed by atoms with van der Waals surface area (Å²) in [7, 11) is 0. The summed E-state index contributed by atoms with van der Waals surface area (Å²) in [5.74, 6) is -1.05. The van der Waals surface area contributed by atoms with Gasteiger partial charge in [-0.15, -0.1) is 0 Å². The summed E-state index contributed by atoms with van der Waals surface area (Å²) in [4.78, 5) is 22.2. The zero-order valence-electron chi connectivity index (χ0n) is 6.84. The van der Waals surface area contributed by atoms with Crippen molar-refractivity contribution in [3.63, 3.8) is 0 Å². The highest BCUT2D eigenvalue weighted by atomic mass is 16.3. The zero-order chi connectivity index (χ0) is 9.30. The van der Waals surface area contributed by atoms with E-state index in [9.17, 15) is 9.59 Å². The Balaban J connectivity index is 3.18. The second kappa shape index (κ2) is 2.84. The van der Waals surface area contributed by atoms with Crippen LogP contribution in [-0.4, -0.2) is 21.1 Å². The second-order valence-electron chi connectivity index (χ2n) is 2.82. The van der Waals surface area contributed by atoms with E-state index in [-0.39, 0.29) is 17.3 Å². The molecule has 0 aliphatic heterocycles. The van der Waals surface area contributed by atoms with Crippen LogP contribution in [0.5, 0.6) is 5.88 Å². The minimum Gasteiger partial charge on any atom is -0.493 e. The highest BCUT2D eigenvalue weighted by Gasteiger charge is 2.19. The van der Waals surface area contributed by atoms with Gasteiger partial charge in [-0.3, -0.25) is 19.8 Å². The van der Waals surface area contributed by atoms with Crippen LogP contribution in [0.3, 0.4) is 0 Å². The number of Topliss-reactive ketones (excluding diaryl/α,β-unsaturated/α-hetero) is 1. The fraction of sp³-hybridized carbons (Fsp3) is 0.429. The highest BCUT2D eigenvalue weighted by molar-refractivity contribution is 5.98. The monoisotopic (exact) mass is 170 g/mol. The summed E-state index contributed by atoms with van der Waals surface area (Å²) < 4.78 is 0. The molecule has 0 radical (unpaired) electrons. The van der Waals surface area contributed by atoms with Crippen LogP contribution in [-0.2, 0) is 0 Å². The van der Waals surface area contributed by atoms with Crippen LogP contribution >= 0.6 is 0 Å². The van der Waals surface area contributed by atoms with Gasteiger partial charge in [0, 0.05) is 5.92 Å². The van der Waals surface area contributed by atoms with Crippen molar-refractivity contribution in [2.75, 3.05) is 0 Å². The van der Waals surface area contributed by atoms with Gasteiger partial charge in [0.1, 0.15) is 5.56 Å². The third-order valence-corrected chi connectivity index (χ3v) is 1.53. The van der Waals surface area contributed by atoms with Crippen LogP contribution in [0.25, 0.3) is 0 Å². The normalized spacial score (nSPS) is 10.6. The smallest absolute Gasteiger partial charge is 0.278 e. The van der Waals surface area contributed by atoms with Gasteiger partial charge in [0.2, 0.25) is 5.88 Å². The molecule has 0 saturated carbocycles. The van der Waals surface area contributed by atoms with Gasteiger partial charge < -0.3 is 5.11 Å². The lowest BCUT2D eigenvalue weighted by Crippen LogP contribution is -2.16. The van der Waals surface area contributed by atoms with Crippen molar-refractivity contribution in [3.8, 4) is 5.88 Å². The summed E-state index contributed by atoms with van der Waals surface area (Å²) in [6.45, 7) is 3.32. The maximum atomic E-state index is 11.2. The largest absolute Gasteiger partial charge is 0.493 e. The molecule has 5 heteroatoms. The molecule has 0 aliphatic carbocycles. The van der Waals surface area contributed by atoms with E-state index < -0.39 is 11.4 Å². The predicted octanol–water partition coefficient (Wildman–Crippen LogP) is 0.247. The van der Waals surface area contributed by atoms with Crippen molar-refractivity contribution >= 4 is 5.78 Å². The van der Waals surface area contributed by atoms with Gasteiger partial charge >= 0.3 is 0 Å². The van der Waals surface area contributed by atoms with Gasteiger partial charge in [0.05, 0.1) is 0 Å². The summed E-state index contributed by atoms with van der Waals surface area (Å²) in [5.41, 5.74) is -0.767. The van der Waals surface area contributed by atoms with Gasteiger partial charge in [-0.05, 0) is 0 Å². The van der Waals surface area contributed by atoms with Crippen LogP contribution < -0.4 is 5.56 Å². The van der Waals surface area contributed by atoms with Crippen molar-refractivity contribution in [1.82, 2.24) is 10.2 Å². The van der Waals surface area contributed by atoms with E-state index in [1.807, 2.05) is 0 Å². The van der Waals surface area contributed by atoms with Crippen molar-refractivity contribution in [1.29, 1.82) is 0 Å². The Morgan fingerprint density at radius 3 is 2.33 bits per heavy atom. The molecule has 66 valence electrons. The molecular formula is C7H10N2O3. The number of nitrogens with one attached hydrogen (secondary N) is 2. The van der Waals surface area contributed by atoms with Crippen LogP contribution in [0.2, 0.25) is 0 Å². The first kappa shape index (κ1) is 8.58. The zero-order valence-corrected chi connectivity index (χ0v) is 6.84. The Morgan fingerprint density at radius 1 is 1.42 bits per heavy atom. The molecule has 1 aromatic rings. The lowest BCUT2D eigenvalue weighted by molar-refractivity contribution is 0.0935. The molecule has 0 spiro atoms. The molecule has 5 nitrogen and oxygen atoms in total. The molecule has 1 aromatic heterocycles. The molecule has 0 unspecified atom stereocenters.